The van der Waals surface area contributed by atoms with Crippen LogP contribution >= 0.6 is 0 Å². The van der Waals surface area contributed by atoms with E-state index in [2.05, 4.69) is 38.1 Å². The molecule has 0 N–H and O–H groups in total. The molecule has 0 aliphatic heterocycles. The normalized spacial score (nSPS) is 12.6. The second kappa shape index (κ2) is 6.41. The molecular weight excluding hydrogens is 224 g/mol. The van der Waals surface area contributed by atoms with Crippen LogP contribution in [-0.2, 0) is 4.74 Å². The van der Waals surface area contributed by atoms with Crippen molar-refractivity contribution in [3.8, 4) is 5.75 Å². The van der Waals surface area contributed by atoms with Crippen LogP contribution in [0.2, 0.25) is 0 Å². The molecule has 1 atom stereocenters. The third-order valence-corrected chi connectivity index (χ3v) is 3.05. The van der Waals surface area contributed by atoms with E-state index in [0.717, 1.165) is 12.2 Å². The lowest BCUT2D eigenvalue weighted by molar-refractivity contribution is 0.0427. The number of rotatable bonds is 6. The average Bonchev–Trinajstić information content (AvgIpc) is 2.43. The molecular formula is C16H20O2. The summed E-state index contributed by atoms with van der Waals surface area (Å²) >= 11 is 0. The Labute approximate surface area is 109 Å². The van der Waals surface area contributed by atoms with E-state index in [1.807, 2.05) is 18.2 Å². The first kappa shape index (κ1) is 12.9. The highest BCUT2D eigenvalue weighted by Gasteiger charge is 1.99. The van der Waals surface area contributed by atoms with Gasteiger partial charge in [-0.15, -0.1) is 0 Å². The van der Waals surface area contributed by atoms with Crippen LogP contribution in [0.15, 0.2) is 42.5 Å². The molecule has 2 aromatic carbocycles. The van der Waals surface area contributed by atoms with Crippen molar-refractivity contribution in [1.29, 1.82) is 0 Å². The summed E-state index contributed by atoms with van der Waals surface area (Å²) in [7, 11) is 0. The van der Waals surface area contributed by atoms with Crippen LogP contribution in [0.1, 0.15) is 20.3 Å². The van der Waals surface area contributed by atoms with Gasteiger partial charge < -0.3 is 9.47 Å². The molecule has 0 aliphatic rings. The van der Waals surface area contributed by atoms with Gasteiger partial charge >= 0.3 is 0 Å². The summed E-state index contributed by atoms with van der Waals surface area (Å²) in [5, 5.41) is 2.44. The molecule has 0 bridgehead atoms. The van der Waals surface area contributed by atoms with Gasteiger partial charge in [-0.1, -0.05) is 37.3 Å². The van der Waals surface area contributed by atoms with E-state index in [1.54, 1.807) is 0 Å². The molecule has 96 valence electrons. The molecule has 2 rings (SSSR count). The fourth-order valence-corrected chi connectivity index (χ4v) is 1.78. The van der Waals surface area contributed by atoms with Crippen LogP contribution in [0.4, 0.5) is 0 Å². The van der Waals surface area contributed by atoms with Crippen LogP contribution in [-0.4, -0.2) is 19.3 Å². The van der Waals surface area contributed by atoms with Crippen molar-refractivity contribution in [3.05, 3.63) is 42.5 Å². The molecule has 0 aliphatic carbocycles. The summed E-state index contributed by atoms with van der Waals surface area (Å²) in [5.74, 6) is 0.904. The lowest BCUT2D eigenvalue weighted by Gasteiger charge is -2.11. The Bertz CT molecular complexity index is 493. The van der Waals surface area contributed by atoms with Gasteiger partial charge in [0.05, 0.1) is 12.7 Å². The Morgan fingerprint density at radius 3 is 2.56 bits per heavy atom. The van der Waals surface area contributed by atoms with E-state index in [4.69, 9.17) is 9.47 Å². The Morgan fingerprint density at radius 1 is 1.00 bits per heavy atom. The Kier molecular flexibility index (Phi) is 4.59. The van der Waals surface area contributed by atoms with Crippen molar-refractivity contribution < 1.29 is 9.47 Å². The molecule has 0 spiro atoms. The van der Waals surface area contributed by atoms with E-state index < -0.39 is 0 Å². The molecule has 2 aromatic rings. The first-order chi connectivity index (χ1) is 8.79. The second-order valence-corrected chi connectivity index (χ2v) is 4.45. The molecule has 18 heavy (non-hydrogen) atoms. The maximum atomic E-state index is 5.68. The molecule has 0 fully saturated rings. The maximum Gasteiger partial charge on any atom is 0.120 e. The van der Waals surface area contributed by atoms with E-state index in [0.29, 0.717) is 19.3 Å². The van der Waals surface area contributed by atoms with Crippen molar-refractivity contribution in [3.63, 3.8) is 0 Å². The summed E-state index contributed by atoms with van der Waals surface area (Å²) < 4.78 is 11.3. The number of ether oxygens (including phenoxy) is 2. The average molecular weight is 244 g/mol. The molecule has 0 heterocycles. The third kappa shape index (κ3) is 3.47. The molecule has 2 heteroatoms. The zero-order valence-corrected chi connectivity index (χ0v) is 11.1. The predicted octanol–water partition coefficient (Wildman–Crippen LogP) is 4.03. The standard InChI is InChI=1S/C16H20O2/c1-3-13(2)17-10-11-18-16-9-8-14-6-4-5-7-15(14)12-16/h4-9,12-13H,3,10-11H2,1-2H3. The molecule has 0 saturated carbocycles. The molecule has 0 saturated heterocycles. The van der Waals surface area contributed by atoms with Gasteiger partial charge in [-0.3, -0.25) is 0 Å². The van der Waals surface area contributed by atoms with Crippen LogP contribution < -0.4 is 4.74 Å². The zero-order valence-electron chi connectivity index (χ0n) is 11.1. The van der Waals surface area contributed by atoms with Crippen molar-refractivity contribution in [2.24, 2.45) is 0 Å². The van der Waals surface area contributed by atoms with Crippen molar-refractivity contribution >= 4 is 10.8 Å². The van der Waals surface area contributed by atoms with Gasteiger partial charge in [-0.05, 0) is 36.2 Å². The summed E-state index contributed by atoms with van der Waals surface area (Å²) in [4.78, 5) is 0. The minimum absolute atomic E-state index is 0.310. The minimum Gasteiger partial charge on any atom is -0.491 e. The summed E-state index contributed by atoms with van der Waals surface area (Å²) in [5.41, 5.74) is 0. The smallest absolute Gasteiger partial charge is 0.120 e. The van der Waals surface area contributed by atoms with E-state index >= 15 is 0 Å². The van der Waals surface area contributed by atoms with Gasteiger partial charge in [0.1, 0.15) is 12.4 Å². The van der Waals surface area contributed by atoms with Gasteiger partial charge in [0, 0.05) is 0 Å². The number of benzene rings is 2. The van der Waals surface area contributed by atoms with Crippen LogP contribution in [0.5, 0.6) is 5.75 Å². The maximum absolute atomic E-state index is 5.68. The van der Waals surface area contributed by atoms with Gasteiger partial charge in [0.25, 0.3) is 0 Å². The van der Waals surface area contributed by atoms with Crippen molar-refractivity contribution in [2.75, 3.05) is 13.2 Å². The lowest BCUT2D eigenvalue weighted by atomic mass is 10.1. The Morgan fingerprint density at radius 2 is 1.78 bits per heavy atom. The fourth-order valence-electron chi connectivity index (χ4n) is 1.78. The van der Waals surface area contributed by atoms with Gasteiger partial charge in [-0.25, -0.2) is 0 Å². The molecule has 0 aromatic heterocycles. The minimum atomic E-state index is 0.310. The third-order valence-electron chi connectivity index (χ3n) is 3.05. The number of hydrogen-bond acceptors (Lipinski definition) is 2. The molecule has 2 nitrogen and oxygen atoms in total. The summed E-state index contributed by atoms with van der Waals surface area (Å²) in [6.45, 7) is 5.44. The fraction of sp³-hybridized carbons (Fsp3) is 0.375. The molecule has 1 unspecified atom stereocenters. The van der Waals surface area contributed by atoms with Crippen LogP contribution in [0.3, 0.4) is 0 Å². The quantitative estimate of drug-likeness (QED) is 0.714. The van der Waals surface area contributed by atoms with Crippen molar-refractivity contribution in [1.82, 2.24) is 0 Å². The summed E-state index contributed by atoms with van der Waals surface area (Å²) in [6.07, 6.45) is 1.35. The van der Waals surface area contributed by atoms with E-state index in [9.17, 15) is 0 Å². The largest absolute Gasteiger partial charge is 0.491 e. The highest BCUT2D eigenvalue weighted by Crippen LogP contribution is 2.20. The van der Waals surface area contributed by atoms with Gasteiger partial charge in [0.2, 0.25) is 0 Å². The highest BCUT2D eigenvalue weighted by molar-refractivity contribution is 5.83. The van der Waals surface area contributed by atoms with Crippen molar-refractivity contribution in [2.45, 2.75) is 26.4 Å². The Hall–Kier alpha value is -1.54. The predicted molar refractivity (Wildman–Crippen MR) is 75.1 cm³/mol. The van der Waals surface area contributed by atoms with Gasteiger partial charge in [0.15, 0.2) is 0 Å². The monoisotopic (exact) mass is 244 g/mol. The zero-order chi connectivity index (χ0) is 12.8. The summed E-state index contributed by atoms with van der Waals surface area (Å²) in [6, 6.07) is 14.4. The molecule has 0 amide bonds. The Balaban J connectivity index is 1.88. The van der Waals surface area contributed by atoms with E-state index in [-0.39, 0.29) is 0 Å². The SMILES string of the molecule is CCC(C)OCCOc1ccc2ccccc2c1. The molecule has 0 radical (unpaired) electrons. The first-order valence-corrected chi connectivity index (χ1v) is 6.53. The van der Waals surface area contributed by atoms with Crippen LogP contribution in [0.25, 0.3) is 10.8 Å². The number of hydrogen-bond donors (Lipinski definition) is 0. The topological polar surface area (TPSA) is 18.5 Å². The second-order valence-electron chi connectivity index (χ2n) is 4.45. The highest BCUT2D eigenvalue weighted by atomic mass is 16.5. The van der Waals surface area contributed by atoms with Crippen LogP contribution in [0, 0.1) is 0 Å². The lowest BCUT2D eigenvalue weighted by Crippen LogP contribution is -2.13. The number of fused-ring (bicyclic) bond motifs is 1. The van der Waals surface area contributed by atoms with Gasteiger partial charge in [-0.2, -0.15) is 0 Å². The first-order valence-electron chi connectivity index (χ1n) is 6.53. The van der Waals surface area contributed by atoms with E-state index in [1.165, 1.54) is 10.8 Å².